The van der Waals surface area contributed by atoms with E-state index in [4.69, 9.17) is 14.6 Å². The molecule has 6 heteroatoms. The van der Waals surface area contributed by atoms with Crippen molar-refractivity contribution in [1.82, 2.24) is 0 Å². The zero-order valence-electron chi connectivity index (χ0n) is 9.47. The minimum atomic E-state index is -1.37. The Balaban J connectivity index is 2.00. The monoisotopic (exact) mass is 254 g/mol. The molecule has 0 saturated carbocycles. The fourth-order valence-electron chi connectivity index (χ4n) is 1.71. The molecule has 0 unspecified atom stereocenters. The Hall–Kier alpha value is -1.47. The van der Waals surface area contributed by atoms with Gasteiger partial charge in [-0.2, -0.15) is 0 Å². The molecule has 0 amide bonds. The minimum absolute atomic E-state index is 0.315. The van der Waals surface area contributed by atoms with Crippen molar-refractivity contribution in [1.29, 1.82) is 0 Å². The summed E-state index contributed by atoms with van der Waals surface area (Å²) in [6.07, 6.45) is -4.86. The Labute approximate surface area is 103 Å². The molecule has 4 atom stereocenters. The van der Waals surface area contributed by atoms with Crippen molar-refractivity contribution in [3.63, 3.8) is 0 Å². The Kier molecular flexibility index (Phi) is 3.93. The second kappa shape index (κ2) is 5.45. The lowest BCUT2D eigenvalue weighted by Crippen LogP contribution is -2.35. The molecule has 1 saturated heterocycles. The van der Waals surface area contributed by atoms with E-state index in [1.54, 1.807) is 30.3 Å². The first kappa shape index (κ1) is 13.0. The number of aliphatic hydroxyl groups excluding tert-OH is 3. The summed E-state index contributed by atoms with van der Waals surface area (Å²) in [6, 6.07) is 8.22. The summed E-state index contributed by atoms with van der Waals surface area (Å²) in [6.45, 7) is -0.461. The topological polar surface area (TPSA) is 96.2 Å². The molecule has 1 heterocycles. The summed E-state index contributed by atoms with van der Waals surface area (Å²) in [7, 11) is 0. The Bertz CT molecular complexity index is 406. The van der Waals surface area contributed by atoms with E-state index in [-0.39, 0.29) is 0 Å². The fourth-order valence-corrected chi connectivity index (χ4v) is 1.71. The number of carbonyl (C=O) groups is 1. The van der Waals surface area contributed by atoms with Gasteiger partial charge in [-0.3, -0.25) is 0 Å². The molecule has 3 N–H and O–H groups in total. The van der Waals surface area contributed by atoms with Crippen molar-refractivity contribution in [2.45, 2.75) is 24.6 Å². The average Bonchev–Trinajstić information content (AvgIpc) is 2.67. The third-order valence-corrected chi connectivity index (χ3v) is 2.73. The summed E-state index contributed by atoms with van der Waals surface area (Å²) in [5.74, 6) is -0.662. The largest absolute Gasteiger partial charge is 0.429 e. The van der Waals surface area contributed by atoms with Crippen molar-refractivity contribution < 1.29 is 29.6 Å². The molecule has 1 aromatic rings. The lowest BCUT2D eigenvalue weighted by atomic mass is 10.1. The number of aliphatic hydroxyl groups is 3. The van der Waals surface area contributed by atoms with E-state index >= 15 is 0 Å². The Morgan fingerprint density at radius 2 is 1.89 bits per heavy atom. The molecule has 0 bridgehead atoms. The molecule has 1 aromatic carbocycles. The van der Waals surface area contributed by atoms with Crippen LogP contribution in [-0.4, -0.2) is 52.5 Å². The van der Waals surface area contributed by atoms with Crippen molar-refractivity contribution in [2.24, 2.45) is 0 Å². The smallest absolute Gasteiger partial charge is 0.340 e. The van der Waals surface area contributed by atoms with Crippen LogP contribution in [0.2, 0.25) is 0 Å². The van der Waals surface area contributed by atoms with Crippen LogP contribution in [0.25, 0.3) is 0 Å². The van der Waals surface area contributed by atoms with E-state index in [9.17, 15) is 15.0 Å². The summed E-state index contributed by atoms with van der Waals surface area (Å²) < 4.78 is 9.96. The second-order valence-corrected chi connectivity index (χ2v) is 3.98. The summed E-state index contributed by atoms with van der Waals surface area (Å²) in [4.78, 5) is 11.7. The maximum absolute atomic E-state index is 11.7. The third kappa shape index (κ3) is 2.51. The molecule has 0 aromatic heterocycles. The molecular weight excluding hydrogens is 240 g/mol. The standard InChI is InChI=1S/C12H14O6/c13-6-8-9(14)10(15)12(17-8)18-11(16)7-4-2-1-3-5-7/h1-5,8-10,12-15H,6H2/t8-,9-,10-,12-/m1/s1. The van der Waals surface area contributed by atoms with Gasteiger partial charge < -0.3 is 24.8 Å². The number of rotatable bonds is 3. The number of carbonyl (C=O) groups excluding carboxylic acids is 1. The number of benzene rings is 1. The molecular formula is C12H14O6. The summed E-state index contributed by atoms with van der Waals surface area (Å²) in [5, 5.41) is 28.0. The molecule has 0 radical (unpaired) electrons. The van der Waals surface area contributed by atoms with Crippen LogP contribution in [0.1, 0.15) is 10.4 Å². The Morgan fingerprint density at radius 3 is 2.44 bits per heavy atom. The van der Waals surface area contributed by atoms with Crippen LogP contribution < -0.4 is 0 Å². The minimum Gasteiger partial charge on any atom is -0.429 e. The predicted octanol–water partition coefficient (Wildman–Crippen LogP) is -0.718. The quantitative estimate of drug-likeness (QED) is 0.616. The maximum atomic E-state index is 11.7. The van der Waals surface area contributed by atoms with Gasteiger partial charge in [0, 0.05) is 0 Å². The number of hydrogen-bond acceptors (Lipinski definition) is 6. The molecule has 1 fully saturated rings. The lowest BCUT2D eigenvalue weighted by Gasteiger charge is -2.15. The van der Waals surface area contributed by atoms with Crippen LogP contribution in [0.3, 0.4) is 0 Å². The van der Waals surface area contributed by atoms with E-state index in [0.29, 0.717) is 5.56 Å². The van der Waals surface area contributed by atoms with Gasteiger partial charge in [-0.25, -0.2) is 4.79 Å². The van der Waals surface area contributed by atoms with E-state index in [1.165, 1.54) is 0 Å². The van der Waals surface area contributed by atoms with Gasteiger partial charge in [-0.15, -0.1) is 0 Å². The van der Waals surface area contributed by atoms with E-state index in [0.717, 1.165) is 0 Å². The van der Waals surface area contributed by atoms with Crippen LogP contribution in [0.4, 0.5) is 0 Å². The van der Waals surface area contributed by atoms with Gasteiger partial charge in [0.25, 0.3) is 0 Å². The highest BCUT2D eigenvalue weighted by Gasteiger charge is 2.44. The van der Waals surface area contributed by atoms with Crippen molar-refractivity contribution in [2.75, 3.05) is 6.61 Å². The zero-order valence-corrected chi connectivity index (χ0v) is 9.47. The molecule has 98 valence electrons. The highest BCUT2D eigenvalue weighted by atomic mass is 16.7. The van der Waals surface area contributed by atoms with Crippen LogP contribution in [0.5, 0.6) is 0 Å². The van der Waals surface area contributed by atoms with E-state index in [2.05, 4.69) is 0 Å². The predicted molar refractivity (Wildman–Crippen MR) is 59.6 cm³/mol. The second-order valence-electron chi connectivity index (χ2n) is 3.98. The summed E-state index contributed by atoms with van der Waals surface area (Å²) >= 11 is 0. The Morgan fingerprint density at radius 1 is 1.22 bits per heavy atom. The van der Waals surface area contributed by atoms with E-state index in [1.807, 2.05) is 0 Å². The molecule has 0 spiro atoms. The number of esters is 1. The van der Waals surface area contributed by atoms with Crippen LogP contribution in [0, 0.1) is 0 Å². The van der Waals surface area contributed by atoms with Gasteiger partial charge in [0.05, 0.1) is 12.2 Å². The van der Waals surface area contributed by atoms with Gasteiger partial charge in [-0.1, -0.05) is 18.2 Å². The molecule has 18 heavy (non-hydrogen) atoms. The van der Waals surface area contributed by atoms with E-state index < -0.39 is 37.2 Å². The first-order chi connectivity index (χ1) is 8.63. The first-order valence-electron chi connectivity index (χ1n) is 5.52. The molecule has 6 nitrogen and oxygen atoms in total. The zero-order chi connectivity index (χ0) is 13.1. The van der Waals surface area contributed by atoms with Crippen molar-refractivity contribution >= 4 is 5.97 Å². The first-order valence-corrected chi connectivity index (χ1v) is 5.52. The van der Waals surface area contributed by atoms with Gasteiger partial charge in [0.1, 0.15) is 18.3 Å². The van der Waals surface area contributed by atoms with Gasteiger partial charge in [-0.05, 0) is 12.1 Å². The highest BCUT2D eigenvalue weighted by Crippen LogP contribution is 2.22. The van der Waals surface area contributed by atoms with Crippen LogP contribution in [0.15, 0.2) is 30.3 Å². The van der Waals surface area contributed by atoms with Gasteiger partial charge >= 0.3 is 5.97 Å². The average molecular weight is 254 g/mol. The number of ether oxygens (including phenoxy) is 2. The molecule has 1 aliphatic rings. The maximum Gasteiger partial charge on any atom is 0.340 e. The fraction of sp³-hybridized carbons (Fsp3) is 0.417. The lowest BCUT2D eigenvalue weighted by molar-refractivity contribution is -0.139. The van der Waals surface area contributed by atoms with Gasteiger partial charge in [0.2, 0.25) is 6.29 Å². The van der Waals surface area contributed by atoms with Crippen molar-refractivity contribution in [3.8, 4) is 0 Å². The summed E-state index contributed by atoms with van der Waals surface area (Å²) in [5.41, 5.74) is 0.315. The number of hydrogen-bond donors (Lipinski definition) is 3. The SMILES string of the molecule is O=C(O[C@H]1O[C@H](CO)[C@@H](O)[C@H]1O)c1ccccc1. The van der Waals surface area contributed by atoms with Crippen LogP contribution in [-0.2, 0) is 9.47 Å². The molecule has 2 rings (SSSR count). The third-order valence-electron chi connectivity index (χ3n) is 2.73. The highest BCUT2D eigenvalue weighted by molar-refractivity contribution is 5.89. The van der Waals surface area contributed by atoms with Gasteiger partial charge in [0.15, 0.2) is 0 Å². The molecule has 0 aliphatic carbocycles. The van der Waals surface area contributed by atoms with Crippen LogP contribution >= 0.6 is 0 Å². The molecule has 1 aliphatic heterocycles. The normalized spacial score (nSPS) is 31.3. The van der Waals surface area contributed by atoms with Crippen molar-refractivity contribution in [3.05, 3.63) is 35.9 Å².